The van der Waals surface area contributed by atoms with Gasteiger partial charge >= 0.3 is 0 Å². The number of fused-ring (bicyclic) bond motifs is 3. The Kier molecular flexibility index (Phi) is 4.60. The summed E-state index contributed by atoms with van der Waals surface area (Å²) in [5.41, 5.74) is 2.12. The fourth-order valence-electron chi connectivity index (χ4n) is 4.13. The van der Waals surface area contributed by atoms with Crippen LogP contribution in [0.4, 0.5) is 0 Å². The third-order valence-electron chi connectivity index (χ3n) is 5.59. The number of methoxy groups -OCH3 is 1. The van der Waals surface area contributed by atoms with E-state index in [1.165, 1.54) is 12.8 Å². The van der Waals surface area contributed by atoms with Crippen molar-refractivity contribution in [3.05, 3.63) is 45.7 Å². The van der Waals surface area contributed by atoms with Gasteiger partial charge in [-0.1, -0.05) is 29.6 Å². The molecule has 0 saturated heterocycles. The second kappa shape index (κ2) is 7.27. The largest absolute Gasteiger partial charge is 0.383 e. The van der Waals surface area contributed by atoms with Gasteiger partial charge in [0.1, 0.15) is 11.8 Å². The molecule has 0 spiro atoms. The molecule has 29 heavy (non-hydrogen) atoms. The van der Waals surface area contributed by atoms with E-state index in [0.717, 1.165) is 18.4 Å². The predicted octanol–water partition coefficient (Wildman–Crippen LogP) is 3.66. The summed E-state index contributed by atoms with van der Waals surface area (Å²) in [6.07, 6.45) is 6.11. The van der Waals surface area contributed by atoms with Gasteiger partial charge in [-0.3, -0.25) is 9.20 Å². The van der Waals surface area contributed by atoms with E-state index in [2.05, 4.69) is 15.1 Å². The summed E-state index contributed by atoms with van der Waals surface area (Å²) in [6, 6.07) is 5.44. The summed E-state index contributed by atoms with van der Waals surface area (Å²) in [7, 11) is 1.60. The second-order valence-corrected chi connectivity index (χ2v) is 7.77. The van der Waals surface area contributed by atoms with Gasteiger partial charge in [0.25, 0.3) is 11.4 Å². The van der Waals surface area contributed by atoms with Crippen LogP contribution < -0.4 is 5.56 Å². The molecule has 0 unspecified atom stereocenters. The Balaban J connectivity index is 1.72. The molecule has 8 nitrogen and oxygen atoms in total. The molecule has 0 amide bonds. The standard InChI is InChI=1S/C20H20ClN5O3/c1-28-9-8-25-15-10-13(21)6-7-14(15)26-11-22-16(17(26)20(25)27)19-23-18(24-29-19)12-4-2-3-5-12/h6-7,10-12H,2-5,8-9H2,1H3. The molecule has 0 aliphatic heterocycles. The molecule has 3 aromatic heterocycles. The zero-order valence-corrected chi connectivity index (χ0v) is 16.7. The highest BCUT2D eigenvalue weighted by Crippen LogP contribution is 2.33. The minimum atomic E-state index is -0.204. The van der Waals surface area contributed by atoms with E-state index in [4.69, 9.17) is 20.9 Å². The minimum absolute atomic E-state index is 0.204. The van der Waals surface area contributed by atoms with Gasteiger partial charge < -0.3 is 13.8 Å². The van der Waals surface area contributed by atoms with Crippen molar-refractivity contribution in [2.75, 3.05) is 13.7 Å². The van der Waals surface area contributed by atoms with Gasteiger partial charge in [0.2, 0.25) is 0 Å². The van der Waals surface area contributed by atoms with Crippen LogP contribution in [0.15, 0.2) is 33.8 Å². The topological polar surface area (TPSA) is 87.5 Å². The lowest BCUT2D eigenvalue weighted by molar-refractivity contribution is 0.187. The molecule has 0 atom stereocenters. The first-order valence-electron chi connectivity index (χ1n) is 9.69. The lowest BCUT2D eigenvalue weighted by atomic mass is 10.1. The Hall–Kier alpha value is -2.71. The van der Waals surface area contributed by atoms with Gasteiger partial charge in [-0.2, -0.15) is 4.98 Å². The molecule has 4 aromatic rings. The summed E-state index contributed by atoms with van der Waals surface area (Å²) < 4.78 is 14.1. The maximum Gasteiger partial charge on any atom is 0.278 e. The fourth-order valence-corrected chi connectivity index (χ4v) is 4.30. The minimum Gasteiger partial charge on any atom is -0.383 e. The highest BCUT2D eigenvalue weighted by atomic mass is 35.5. The molecule has 150 valence electrons. The van der Waals surface area contributed by atoms with Crippen molar-refractivity contribution in [2.24, 2.45) is 0 Å². The van der Waals surface area contributed by atoms with Crippen molar-refractivity contribution in [1.29, 1.82) is 0 Å². The summed E-state index contributed by atoms with van der Waals surface area (Å²) in [4.78, 5) is 22.4. The Morgan fingerprint density at radius 3 is 2.90 bits per heavy atom. The summed E-state index contributed by atoms with van der Waals surface area (Å²) in [5, 5.41) is 4.71. The van der Waals surface area contributed by atoms with Crippen molar-refractivity contribution in [2.45, 2.75) is 38.1 Å². The third-order valence-corrected chi connectivity index (χ3v) is 5.82. The van der Waals surface area contributed by atoms with Gasteiger partial charge in [-0.15, -0.1) is 0 Å². The lowest BCUT2D eigenvalue weighted by Gasteiger charge is -2.12. The fraction of sp³-hybridized carbons (Fsp3) is 0.400. The highest BCUT2D eigenvalue weighted by molar-refractivity contribution is 6.31. The first-order valence-corrected chi connectivity index (χ1v) is 10.1. The van der Waals surface area contributed by atoms with Crippen molar-refractivity contribution < 1.29 is 9.26 Å². The van der Waals surface area contributed by atoms with Crippen LogP contribution in [0.25, 0.3) is 28.1 Å². The zero-order chi connectivity index (χ0) is 20.0. The first-order chi connectivity index (χ1) is 14.2. The number of ether oxygens (including phenoxy) is 1. The van der Waals surface area contributed by atoms with Crippen LogP contribution in [-0.2, 0) is 11.3 Å². The van der Waals surface area contributed by atoms with Crippen LogP contribution in [0.5, 0.6) is 0 Å². The van der Waals surface area contributed by atoms with Gasteiger partial charge in [0.05, 0.1) is 17.6 Å². The summed E-state index contributed by atoms with van der Waals surface area (Å²) in [5.74, 6) is 1.30. The Morgan fingerprint density at radius 1 is 1.28 bits per heavy atom. The van der Waals surface area contributed by atoms with Crippen molar-refractivity contribution in [1.82, 2.24) is 24.1 Å². The van der Waals surface area contributed by atoms with Crippen LogP contribution in [0, 0.1) is 0 Å². The zero-order valence-electron chi connectivity index (χ0n) is 16.0. The van der Waals surface area contributed by atoms with E-state index in [-0.39, 0.29) is 11.4 Å². The number of rotatable bonds is 5. The third kappa shape index (κ3) is 3.03. The van der Waals surface area contributed by atoms with Crippen LogP contribution >= 0.6 is 11.6 Å². The Bertz CT molecular complexity index is 1250. The van der Waals surface area contributed by atoms with E-state index < -0.39 is 0 Å². The second-order valence-electron chi connectivity index (χ2n) is 7.33. The van der Waals surface area contributed by atoms with Gasteiger partial charge in [0.15, 0.2) is 11.5 Å². The molecule has 0 N–H and O–H groups in total. The first kappa shape index (κ1) is 18.3. The van der Waals surface area contributed by atoms with Gasteiger partial charge in [-0.25, -0.2) is 4.98 Å². The lowest BCUT2D eigenvalue weighted by Crippen LogP contribution is -2.25. The van der Waals surface area contributed by atoms with Crippen molar-refractivity contribution >= 4 is 28.2 Å². The van der Waals surface area contributed by atoms with E-state index >= 15 is 0 Å². The molecule has 5 rings (SSSR count). The van der Waals surface area contributed by atoms with Crippen LogP contribution in [-0.4, -0.2) is 37.8 Å². The van der Waals surface area contributed by atoms with Crippen LogP contribution in [0.1, 0.15) is 37.4 Å². The predicted molar refractivity (Wildman–Crippen MR) is 108 cm³/mol. The Labute approximate surface area is 171 Å². The average Bonchev–Trinajstić information content (AvgIpc) is 3.46. The van der Waals surface area contributed by atoms with E-state index in [0.29, 0.717) is 46.6 Å². The number of nitrogens with zero attached hydrogens (tertiary/aromatic N) is 5. The average molecular weight is 414 g/mol. The molecule has 1 fully saturated rings. The van der Waals surface area contributed by atoms with Crippen molar-refractivity contribution in [3.8, 4) is 11.6 Å². The van der Waals surface area contributed by atoms with Crippen LogP contribution in [0.3, 0.4) is 0 Å². The molecule has 1 aliphatic rings. The summed E-state index contributed by atoms with van der Waals surface area (Å²) >= 11 is 6.19. The molecular formula is C20H20ClN5O3. The smallest absolute Gasteiger partial charge is 0.278 e. The number of hydrogen-bond acceptors (Lipinski definition) is 6. The monoisotopic (exact) mass is 413 g/mol. The van der Waals surface area contributed by atoms with E-state index in [1.54, 1.807) is 34.5 Å². The van der Waals surface area contributed by atoms with Gasteiger partial charge in [0, 0.05) is 24.6 Å². The number of aromatic nitrogens is 5. The number of halogens is 1. The summed E-state index contributed by atoms with van der Waals surface area (Å²) in [6.45, 7) is 0.790. The van der Waals surface area contributed by atoms with E-state index in [1.807, 2.05) is 6.07 Å². The molecule has 0 bridgehead atoms. The molecule has 3 heterocycles. The number of hydrogen-bond donors (Lipinski definition) is 0. The Morgan fingerprint density at radius 2 is 2.10 bits per heavy atom. The highest BCUT2D eigenvalue weighted by Gasteiger charge is 2.25. The molecule has 1 aromatic carbocycles. The van der Waals surface area contributed by atoms with Crippen molar-refractivity contribution in [3.63, 3.8) is 0 Å². The van der Waals surface area contributed by atoms with Gasteiger partial charge in [-0.05, 0) is 31.0 Å². The van der Waals surface area contributed by atoms with Crippen LogP contribution in [0.2, 0.25) is 5.02 Å². The van der Waals surface area contributed by atoms with E-state index in [9.17, 15) is 4.79 Å². The molecule has 9 heteroatoms. The quantitative estimate of drug-likeness (QED) is 0.496. The number of imidazole rings is 1. The molecule has 0 radical (unpaired) electrons. The molecule has 1 saturated carbocycles. The maximum absolute atomic E-state index is 13.4. The number of benzene rings is 1. The SMILES string of the molecule is COCCn1c(=O)c2c(-c3nc(C4CCCC4)no3)ncn2c2ccc(Cl)cc21. The normalized spacial score (nSPS) is 15.1. The maximum atomic E-state index is 13.4. The molecule has 1 aliphatic carbocycles. The molecular weight excluding hydrogens is 394 g/mol.